The fourth-order valence-electron chi connectivity index (χ4n) is 2.00. The zero-order valence-corrected chi connectivity index (χ0v) is 9.18. The number of rotatable bonds is 2. The fraction of sp³-hybridized carbons (Fsp3) is 0.0714. The van der Waals surface area contributed by atoms with E-state index in [9.17, 15) is 4.39 Å². The zero-order valence-electron chi connectivity index (χ0n) is 9.18. The van der Waals surface area contributed by atoms with Crippen molar-refractivity contribution in [2.45, 2.75) is 6.54 Å². The molecule has 3 rings (SSSR count). The van der Waals surface area contributed by atoms with Crippen molar-refractivity contribution in [2.24, 2.45) is 0 Å². The van der Waals surface area contributed by atoms with E-state index in [2.05, 4.69) is 9.55 Å². The monoisotopic (exact) mass is 226 g/mol. The Morgan fingerprint density at radius 3 is 2.94 bits per heavy atom. The van der Waals surface area contributed by atoms with Crippen LogP contribution in [0.5, 0.6) is 0 Å². The first kappa shape index (κ1) is 10.0. The van der Waals surface area contributed by atoms with Crippen LogP contribution < -0.4 is 0 Å². The lowest BCUT2D eigenvalue weighted by molar-refractivity contribution is 0.629. The Morgan fingerprint density at radius 2 is 2.12 bits per heavy atom. The molecule has 0 atom stereocenters. The molecule has 0 unspecified atom stereocenters. The molecule has 2 heterocycles. The number of nitrogens with zero attached hydrogens (tertiary/aromatic N) is 2. The molecule has 0 radical (unpaired) electrons. The molecule has 0 N–H and O–H groups in total. The first-order valence-corrected chi connectivity index (χ1v) is 5.46. The van der Waals surface area contributed by atoms with E-state index in [4.69, 9.17) is 0 Å². The highest BCUT2D eigenvalue weighted by Crippen LogP contribution is 2.18. The van der Waals surface area contributed by atoms with E-state index >= 15 is 0 Å². The average Bonchev–Trinajstić information content (AvgIpc) is 2.73. The Morgan fingerprint density at radius 1 is 1.18 bits per heavy atom. The van der Waals surface area contributed by atoms with E-state index in [-0.39, 0.29) is 5.82 Å². The average molecular weight is 226 g/mol. The third kappa shape index (κ3) is 1.91. The second-order valence-electron chi connectivity index (χ2n) is 4.01. The van der Waals surface area contributed by atoms with Gasteiger partial charge in [-0.3, -0.25) is 4.98 Å². The van der Waals surface area contributed by atoms with Crippen molar-refractivity contribution < 1.29 is 4.39 Å². The Balaban J connectivity index is 2.01. The summed E-state index contributed by atoms with van der Waals surface area (Å²) in [4.78, 5) is 4.09. The van der Waals surface area contributed by atoms with Gasteiger partial charge in [0.15, 0.2) is 0 Å². The van der Waals surface area contributed by atoms with Crippen LogP contribution in [-0.4, -0.2) is 9.55 Å². The van der Waals surface area contributed by atoms with Gasteiger partial charge in [0.25, 0.3) is 0 Å². The van der Waals surface area contributed by atoms with Gasteiger partial charge in [0.1, 0.15) is 5.82 Å². The maximum atomic E-state index is 13.1. The number of hydrogen-bond acceptors (Lipinski definition) is 1. The summed E-state index contributed by atoms with van der Waals surface area (Å²) in [6, 6.07) is 10.7. The van der Waals surface area contributed by atoms with Crippen molar-refractivity contribution in [3.8, 4) is 0 Å². The van der Waals surface area contributed by atoms with Crippen LogP contribution in [-0.2, 0) is 6.54 Å². The summed E-state index contributed by atoms with van der Waals surface area (Å²) in [5.41, 5.74) is 2.17. The molecular weight excluding hydrogens is 215 g/mol. The number of halogens is 1. The lowest BCUT2D eigenvalue weighted by Crippen LogP contribution is -1.97. The number of benzene rings is 1. The SMILES string of the molecule is Fc1ccc2c(ccn2Cc2cccnc2)c1. The summed E-state index contributed by atoms with van der Waals surface area (Å²) < 4.78 is 15.1. The molecule has 0 amide bonds. The molecule has 0 bridgehead atoms. The van der Waals surface area contributed by atoms with E-state index in [0.717, 1.165) is 23.0 Å². The molecule has 0 aliphatic heterocycles. The van der Waals surface area contributed by atoms with Gasteiger partial charge in [0.05, 0.1) is 0 Å². The van der Waals surface area contributed by atoms with E-state index in [0.29, 0.717) is 0 Å². The van der Waals surface area contributed by atoms with Crippen LogP contribution in [0.4, 0.5) is 4.39 Å². The molecule has 0 aliphatic carbocycles. The van der Waals surface area contributed by atoms with Crippen molar-refractivity contribution >= 4 is 10.9 Å². The Kier molecular flexibility index (Phi) is 2.37. The lowest BCUT2D eigenvalue weighted by Gasteiger charge is -2.04. The molecule has 2 aromatic heterocycles. The first-order chi connectivity index (χ1) is 8.33. The minimum Gasteiger partial charge on any atom is -0.343 e. The van der Waals surface area contributed by atoms with Gasteiger partial charge in [-0.2, -0.15) is 0 Å². The number of hydrogen-bond donors (Lipinski definition) is 0. The topological polar surface area (TPSA) is 17.8 Å². The largest absolute Gasteiger partial charge is 0.343 e. The standard InChI is InChI=1S/C14H11FN2/c15-13-3-4-14-12(8-13)5-7-17(14)10-11-2-1-6-16-9-11/h1-9H,10H2. The third-order valence-electron chi connectivity index (χ3n) is 2.81. The molecule has 17 heavy (non-hydrogen) atoms. The minimum absolute atomic E-state index is 0.198. The lowest BCUT2D eigenvalue weighted by atomic mass is 10.2. The molecule has 0 fully saturated rings. The number of fused-ring (bicyclic) bond motifs is 1. The van der Waals surface area contributed by atoms with Gasteiger partial charge >= 0.3 is 0 Å². The van der Waals surface area contributed by atoms with Crippen LogP contribution in [0.3, 0.4) is 0 Å². The summed E-state index contributed by atoms with van der Waals surface area (Å²) in [7, 11) is 0. The van der Waals surface area contributed by atoms with E-state index in [1.54, 1.807) is 18.3 Å². The van der Waals surface area contributed by atoms with Crippen LogP contribution in [0.25, 0.3) is 10.9 Å². The molecule has 3 aromatic rings. The Bertz CT molecular complexity index is 644. The highest BCUT2D eigenvalue weighted by atomic mass is 19.1. The molecule has 2 nitrogen and oxygen atoms in total. The quantitative estimate of drug-likeness (QED) is 0.656. The van der Waals surface area contributed by atoms with Crippen LogP contribution in [0.15, 0.2) is 55.0 Å². The van der Waals surface area contributed by atoms with Gasteiger partial charge in [0.2, 0.25) is 0 Å². The molecule has 1 aromatic carbocycles. The fourth-order valence-corrected chi connectivity index (χ4v) is 2.00. The summed E-state index contributed by atoms with van der Waals surface area (Å²) in [6.45, 7) is 0.753. The molecule has 0 spiro atoms. The van der Waals surface area contributed by atoms with Crippen molar-refractivity contribution in [3.63, 3.8) is 0 Å². The Hall–Kier alpha value is -2.16. The smallest absolute Gasteiger partial charge is 0.123 e. The zero-order chi connectivity index (χ0) is 11.7. The second kappa shape index (κ2) is 4.01. The maximum Gasteiger partial charge on any atom is 0.123 e. The van der Waals surface area contributed by atoms with Gasteiger partial charge in [-0.05, 0) is 35.9 Å². The van der Waals surface area contributed by atoms with Crippen molar-refractivity contribution in [1.82, 2.24) is 9.55 Å². The van der Waals surface area contributed by atoms with Crippen molar-refractivity contribution in [3.05, 3.63) is 66.4 Å². The summed E-state index contributed by atoms with van der Waals surface area (Å²) in [5, 5.41) is 0.925. The van der Waals surface area contributed by atoms with Crippen LogP contribution in [0, 0.1) is 5.82 Å². The van der Waals surface area contributed by atoms with Gasteiger partial charge < -0.3 is 4.57 Å². The van der Waals surface area contributed by atoms with Crippen LogP contribution >= 0.6 is 0 Å². The van der Waals surface area contributed by atoms with Crippen LogP contribution in [0.2, 0.25) is 0 Å². The minimum atomic E-state index is -0.198. The normalized spacial score (nSPS) is 10.9. The summed E-state index contributed by atoms with van der Waals surface area (Å²) in [5.74, 6) is -0.198. The molecule has 0 saturated heterocycles. The van der Waals surface area contributed by atoms with E-state index in [1.807, 2.05) is 30.6 Å². The molecule has 84 valence electrons. The summed E-state index contributed by atoms with van der Waals surface area (Å²) in [6.07, 6.45) is 5.57. The highest BCUT2D eigenvalue weighted by Gasteiger charge is 2.02. The van der Waals surface area contributed by atoms with Gasteiger partial charge in [0, 0.05) is 36.0 Å². The van der Waals surface area contributed by atoms with Gasteiger partial charge in [-0.25, -0.2) is 4.39 Å². The van der Waals surface area contributed by atoms with E-state index in [1.165, 1.54) is 6.07 Å². The van der Waals surface area contributed by atoms with Gasteiger partial charge in [-0.1, -0.05) is 6.07 Å². The molecule has 3 heteroatoms. The third-order valence-corrected chi connectivity index (χ3v) is 2.81. The van der Waals surface area contributed by atoms with Crippen molar-refractivity contribution in [1.29, 1.82) is 0 Å². The first-order valence-electron chi connectivity index (χ1n) is 5.46. The highest BCUT2D eigenvalue weighted by molar-refractivity contribution is 5.80. The molecule has 0 saturated carbocycles. The predicted molar refractivity (Wildman–Crippen MR) is 65.2 cm³/mol. The van der Waals surface area contributed by atoms with Crippen LogP contribution in [0.1, 0.15) is 5.56 Å². The molecule has 0 aliphatic rings. The van der Waals surface area contributed by atoms with Gasteiger partial charge in [-0.15, -0.1) is 0 Å². The van der Waals surface area contributed by atoms with Crippen molar-refractivity contribution in [2.75, 3.05) is 0 Å². The summed E-state index contributed by atoms with van der Waals surface area (Å²) >= 11 is 0. The predicted octanol–water partition coefficient (Wildman–Crippen LogP) is 3.22. The number of aromatic nitrogens is 2. The molecular formula is C14H11FN2. The van der Waals surface area contributed by atoms with E-state index < -0.39 is 0 Å². The number of pyridine rings is 1. The maximum absolute atomic E-state index is 13.1. The second-order valence-corrected chi connectivity index (χ2v) is 4.01. The Labute approximate surface area is 98.3 Å².